The van der Waals surface area contributed by atoms with E-state index in [0.717, 1.165) is 122 Å². The zero-order valence-electron chi connectivity index (χ0n) is 47.8. The second kappa shape index (κ2) is 20.1. The smallest absolute Gasteiger partial charge is 0.227 e. The third kappa shape index (κ3) is 8.15. The van der Waals surface area contributed by atoms with Crippen molar-refractivity contribution in [1.29, 1.82) is 0 Å². The summed E-state index contributed by atoms with van der Waals surface area (Å²) in [6.07, 6.45) is 0. The number of hydrogen-bond donors (Lipinski definition) is 0. The van der Waals surface area contributed by atoms with Crippen molar-refractivity contribution in [3.63, 3.8) is 0 Å². The van der Waals surface area contributed by atoms with Gasteiger partial charge in [0.15, 0.2) is 11.2 Å². The van der Waals surface area contributed by atoms with Crippen molar-refractivity contribution < 1.29 is 17.7 Å². The lowest BCUT2D eigenvalue weighted by Gasteiger charge is -2.35. The monoisotopic (exact) mass is 1140 g/mol. The summed E-state index contributed by atoms with van der Waals surface area (Å²) in [5.74, 6) is 1.16. The van der Waals surface area contributed by atoms with Gasteiger partial charge in [-0.25, -0.2) is 9.97 Å². The van der Waals surface area contributed by atoms with Crippen molar-refractivity contribution in [2.24, 2.45) is 0 Å². The highest BCUT2D eigenvalue weighted by atomic mass is 16.4. The van der Waals surface area contributed by atoms with Crippen LogP contribution in [0.4, 0.5) is 34.1 Å². The fourth-order valence-corrected chi connectivity index (χ4v) is 13.7. The van der Waals surface area contributed by atoms with E-state index in [1.165, 1.54) is 33.4 Å². The van der Waals surface area contributed by atoms with Crippen LogP contribution in [0.2, 0.25) is 0 Å². The molecule has 0 unspecified atom stereocenters. The van der Waals surface area contributed by atoms with Gasteiger partial charge in [0.05, 0.1) is 5.41 Å². The second-order valence-electron chi connectivity index (χ2n) is 22.8. The van der Waals surface area contributed by atoms with Crippen molar-refractivity contribution in [1.82, 2.24) is 9.97 Å². The fourth-order valence-electron chi connectivity index (χ4n) is 13.7. The largest absolute Gasteiger partial charge is 0.456 e. The van der Waals surface area contributed by atoms with E-state index >= 15 is 0 Å². The Bertz CT molecular complexity index is 5460. The van der Waals surface area contributed by atoms with Crippen LogP contribution in [0.3, 0.4) is 0 Å². The molecule has 0 bridgehead atoms. The molecule has 8 heteroatoms. The van der Waals surface area contributed by atoms with Gasteiger partial charge in [-0.05, 0) is 184 Å². The van der Waals surface area contributed by atoms with Gasteiger partial charge in [-0.3, -0.25) is 0 Å². The van der Waals surface area contributed by atoms with Gasteiger partial charge >= 0.3 is 0 Å². The van der Waals surface area contributed by atoms with Gasteiger partial charge in [0.1, 0.15) is 33.4 Å². The molecule has 0 amide bonds. The molecule has 0 spiro atoms. The van der Waals surface area contributed by atoms with Crippen molar-refractivity contribution in [3.8, 4) is 45.2 Å². The zero-order valence-corrected chi connectivity index (χ0v) is 47.8. The molecule has 0 radical (unpaired) electrons. The molecule has 18 rings (SSSR count). The molecule has 17 aromatic rings. The normalized spacial score (nSPS) is 12.6. The van der Waals surface area contributed by atoms with Gasteiger partial charge in [0.2, 0.25) is 11.8 Å². The quantitative estimate of drug-likeness (QED) is 0.127. The maximum absolute atomic E-state index is 6.58. The van der Waals surface area contributed by atoms with Crippen LogP contribution in [0.25, 0.3) is 111 Å². The van der Waals surface area contributed by atoms with E-state index < -0.39 is 5.41 Å². The highest BCUT2D eigenvalue weighted by Crippen LogP contribution is 2.58. The molecule has 4 aromatic heterocycles. The third-order valence-corrected chi connectivity index (χ3v) is 17.8. The van der Waals surface area contributed by atoms with Gasteiger partial charge in [0.25, 0.3) is 0 Å². The number of benzene rings is 13. The first-order chi connectivity index (χ1) is 44.1. The van der Waals surface area contributed by atoms with Crippen molar-refractivity contribution in [2.45, 2.75) is 5.41 Å². The molecule has 1 aliphatic rings. The Hall–Kier alpha value is -12.0. The lowest BCUT2D eigenvalue weighted by Crippen LogP contribution is -2.28. The van der Waals surface area contributed by atoms with Crippen LogP contribution >= 0.6 is 0 Å². The minimum absolute atomic E-state index is 0.577. The van der Waals surface area contributed by atoms with Gasteiger partial charge in [0, 0.05) is 78.9 Å². The molecule has 89 heavy (non-hydrogen) atoms. The number of fused-ring (bicyclic) bond motifs is 11. The minimum atomic E-state index is -0.722. The van der Waals surface area contributed by atoms with Crippen LogP contribution in [-0.2, 0) is 5.41 Å². The highest BCUT2D eigenvalue weighted by Gasteiger charge is 2.47. The highest BCUT2D eigenvalue weighted by molar-refractivity contribution is 6.07. The molecule has 13 aromatic carbocycles. The summed E-state index contributed by atoms with van der Waals surface area (Å²) in [7, 11) is 0. The summed E-state index contributed by atoms with van der Waals surface area (Å²) in [6.45, 7) is 0. The summed E-state index contributed by atoms with van der Waals surface area (Å²) in [6, 6.07) is 107. The first kappa shape index (κ1) is 50.3. The number of aromatic nitrogens is 2. The molecule has 0 fully saturated rings. The van der Waals surface area contributed by atoms with Gasteiger partial charge in [-0.15, -0.1) is 0 Å². The Labute approximate surface area is 511 Å². The number of furan rings is 2. The van der Waals surface area contributed by atoms with Crippen LogP contribution in [0, 0.1) is 0 Å². The molecular weight excluding hydrogens is 1090 g/mol. The van der Waals surface area contributed by atoms with E-state index in [0.29, 0.717) is 11.8 Å². The van der Waals surface area contributed by atoms with Crippen molar-refractivity contribution in [2.75, 3.05) is 9.80 Å². The average Bonchev–Trinajstić information content (AvgIpc) is 1.56. The number of hydrogen-bond acceptors (Lipinski definition) is 8. The van der Waals surface area contributed by atoms with E-state index in [9.17, 15) is 0 Å². The summed E-state index contributed by atoms with van der Waals surface area (Å²) in [5, 5.41) is 4.32. The predicted octanol–water partition coefficient (Wildman–Crippen LogP) is 22.1. The Morgan fingerprint density at radius 2 is 0.607 bits per heavy atom. The standard InChI is InChI=1S/C81H50N4O4/c1-3-15-55(16-4-1)81(56-17-5-2-6-18-56)69-47-54(51-27-34-57(35-28-51)84(61-41-45-67-65-19-7-11-23-73(65)86-77(67)49-61)58-36-29-52(30-37-58)79-82-71-21-9-13-25-75(71)88-79)33-43-63(69)64-44-40-60(48-70(64)81)85(62-42-46-68-66-20-8-12-24-74(66)87-78(68)50-62)59-38-31-53(32-39-59)80-83-72-22-10-14-26-76(72)89-80/h1-50H. The Balaban J connectivity index is 0.767. The molecule has 418 valence electrons. The first-order valence-electron chi connectivity index (χ1n) is 29.9. The number of oxazole rings is 2. The summed E-state index contributed by atoms with van der Waals surface area (Å²) in [5.41, 5.74) is 22.8. The van der Waals surface area contributed by atoms with Gasteiger partial charge in [-0.2, -0.15) is 0 Å². The van der Waals surface area contributed by atoms with E-state index in [2.05, 4.69) is 240 Å². The number of rotatable bonds is 11. The molecule has 0 saturated carbocycles. The van der Waals surface area contributed by atoms with Crippen LogP contribution in [0.15, 0.2) is 321 Å². The predicted molar refractivity (Wildman–Crippen MR) is 359 cm³/mol. The van der Waals surface area contributed by atoms with Crippen LogP contribution in [-0.4, -0.2) is 9.97 Å². The number of nitrogens with zero attached hydrogens (tertiary/aromatic N) is 4. The Morgan fingerprint density at radius 3 is 1.10 bits per heavy atom. The zero-order chi connectivity index (χ0) is 58.6. The number of para-hydroxylation sites is 6. The van der Waals surface area contributed by atoms with Gasteiger partial charge < -0.3 is 27.5 Å². The second-order valence-corrected chi connectivity index (χ2v) is 22.8. The summed E-state index contributed by atoms with van der Waals surface area (Å²) >= 11 is 0. The van der Waals surface area contributed by atoms with E-state index in [-0.39, 0.29) is 0 Å². The SMILES string of the molecule is c1ccc(C2(c3ccccc3)c3cc(-c4ccc(N(c5ccc(-c6nc7ccccc7o6)cc5)c5ccc6c(c5)oc5ccccc56)cc4)ccc3-c3ccc(N(c4ccc(-c5nc6ccccc6o5)cc4)c4ccc5c(c4)oc4ccccc45)cc32)cc1. The average molecular weight is 1140 g/mol. The molecule has 0 saturated heterocycles. The van der Waals surface area contributed by atoms with Crippen molar-refractivity contribution in [3.05, 3.63) is 326 Å². The summed E-state index contributed by atoms with van der Waals surface area (Å²) in [4.78, 5) is 14.3. The Morgan fingerprint density at radius 1 is 0.247 bits per heavy atom. The van der Waals surface area contributed by atoms with Crippen LogP contribution < -0.4 is 9.80 Å². The number of anilines is 6. The topological polar surface area (TPSA) is 84.8 Å². The van der Waals surface area contributed by atoms with Crippen LogP contribution in [0.5, 0.6) is 0 Å². The summed E-state index contributed by atoms with van der Waals surface area (Å²) < 4.78 is 25.5. The van der Waals surface area contributed by atoms with Crippen molar-refractivity contribution >= 4 is 100 Å². The lowest BCUT2D eigenvalue weighted by molar-refractivity contribution is 0.619. The molecule has 0 atom stereocenters. The molecule has 0 N–H and O–H groups in total. The molecule has 4 heterocycles. The van der Waals surface area contributed by atoms with Crippen LogP contribution in [0.1, 0.15) is 22.3 Å². The maximum Gasteiger partial charge on any atom is 0.227 e. The maximum atomic E-state index is 6.58. The lowest BCUT2D eigenvalue weighted by atomic mass is 9.67. The molecule has 0 aliphatic heterocycles. The fraction of sp³-hybridized carbons (Fsp3) is 0.0123. The minimum Gasteiger partial charge on any atom is -0.456 e. The first-order valence-corrected chi connectivity index (χ1v) is 29.9. The molecule has 1 aliphatic carbocycles. The van der Waals surface area contributed by atoms with E-state index in [4.69, 9.17) is 27.6 Å². The van der Waals surface area contributed by atoms with Gasteiger partial charge in [-0.1, -0.05) is 152 Å². The van der Waals surface area contributed by atoms with E-state index in [1.807, 2.05) is 72.8 Å². The molecular formula is C81H50N4O4. The molecule has 8 nitrogen and oxygen atoms in total. The van der Waals surface area contributed by atoms with E-state index in [1.54, 1.807) is 0 Å². The third-order valence-electron chi connectivity index (χ3n) is 17.8. The Kier molecular flexibility index (Phi) is 11.3.